The Morgan fingerprint density at radius 3 is 2.52 bits per heavy atom. The maximum atomic E-state index is 12.1. The van der Waals surface area contributed by atoms with Crippen molar-refractivity contribution in [3.63, 3.8) is 0 Å². The van der Waals surface area contributed by atoms with Crippen LogP contribution in [0.25, 0.3) is 0 Å². The first kappa shape index (κ1) is 15.8. The number of carbonyl (C=O) groups is 2. The molecule has 21 heavy (non-hydrogen) atoms. The second kappa shape index (κ2) is 6.43. The molecular formula is C16H16INO3. The lowest BCUT2D eigenvalue weighted by atomic mass is 10.1. The van der Waals surface area contributed by atoms with Crippen molar-refractivity contribution in [1.82, 2.24) is 4.57 Å². The number of aryl methyl sites for hydroxylation is 1. The second-order valence-corrected chi connectivity index (χ2v) is 6.10. The van der Waals surface area contributed by atoms with Gasteiger partial charge in [-0.1, -0.05) is 6.07 Å². The summed E-state index contributed by atoms with van der Waals surface area (Å²) in [6, 6.07) is 8.89. The molecule has 1 aromatic carbocycles. The minimum absolute atomic E-state index is 0.185. The molecule has 0 spiro atoms. The normalized spacial score (nSPS) is 10.5. The van der Waals surface area contributed by atoms with E-state index >= 15 is 0 Å². The molecule has 0 aliphatic rings. The Morgan fingerprint density at radius 2 is 1.95 bits per heavy atom. The number of ketones is 1. The topological polar surface area (TPSA) is 48.3 Å². The van der Waals surface area contributed by atoms with Gasteiger partial charge in [-0.3, -0.25) is 4.79 Å². The van der Waals surface area contributed by atoms with Crippen LogP contribution in [0, 0.1) is 17.4 Å². The molecule has 0 N–H and O–H groups in total. The molecule has 0 saturated carbocycles. The van der Waals surface area contributed by atoms with Gasteiger partial charge in [-0.25, -0.2) is 4.79 Å². The average Bonchev–Trinajstić information content (AvgIpc) is 2.72. The Kier molecular flexibility index (Phi) is 4.82. The fourth-order valence-corrected chi connectivity index (χ4v) is 2.59. The molecule has 110 valence electrons. The SMILES string of the molecule is Cc1cc(C(=O)COC(=O)c2cccc(I)c2)c(C)n1C. The molecular weight excluding hydrogens is 381 g/mol. The first-order valence-corrected chi connectivity index (χ1v) is 7.57. The van der Waals surface area contributed by atoms with Crippen LogP contribution in [-0.4, -0.2) is 22.9 Å². The van der Waals surface area contributed by atoms with Crippen molar-refractivity contribution in [3.05, 3.63) is 56.4 Å². The monoisotopic (exact) mass is 397 g/mol. The van der Waals surface area contributed by atoms with Crippen LogP contribution in [0.4, 0.5) is 0 Å². The van der Waals surface area contributed by atoms with Crippen LogP contribution in [0.2, 0.25) is 0 Å². The molecule has 0 fully saturated rings. The van der Waals surface area contributed by atoms with Crippen molar-refractivity contribution in [2.45, 2.75) is 13.8 Å². The summed E-state index contributed by atoms with van der Waals surface area (Å²) in [7, 11) is 1.90. The van der Waals surface area contributed by atoms with Crippen LogP contribution in [0.3, 0.4) is 0 Å². The summed E-state index contributed by atoms with van der Waals surface area (Å²) < 4.78 is 7.99. The third-order valence-electron chi connectivity index (χ3n) is 3.47. The Balaban J connectivity index is 2.04. The van der Waals surface area contributed by atoms with Crippen molar-refractivity contribution in [3.8, 4) is 0 Å². The fraction of sp³-hybridized carbons (Fsp3) is 0.250. The van der Waals surface area contributed by atoms with E-state index in [1.807, 2.05) is 37.6 Å². The minimum atomic E-state index is -0.479. The summed E-state index contributed by atoms with van der Waals surface area (Å²) in [6.07, 6.45) is 0. The molecule has 0 aliphatic heterocycles. The van der Waals surface area contributed by atoms with Crippen LogP contribution in [0.15, 0.2) is 30.3 Å². The number of benzene rings is 1. The molecule has 0 amide bonds. The highest BCUT2D eigenvalue weighted by molar-refractivity contribution is 14.1. The van der Waals surface area contributed by atoms with E-state index in [1.54, 1.807) is 18.2 Å². The zero-order valence-corrected chi connectivity index (χ0v) is 14.3. The first-order chi connectivity index (χ1) is 9.90. The molecule has 0 atom stereocenters. The molecule has 0 saturated heterocycles. The summed E-state index contributed by atoms with van der Waals surface area (Å²) in [5.41, 5.74) is 2.93. The van der Waals surface area contributed by atoms with E-state index in [4.69, 9.17) is 4.74 Å². The van der Waals surface area contributed by atoms with Gasteiger partial charge in [0.2, 0.25) is 5.78 Å². The number of esters is 1. The maximum absolute atomic E-state index is 12.1. The number of nitrogens with zero attached hydrogens (tertiary/aromatic N) is 1. The predicted octanol–water partition coefficient (Wildman–Crippen LogP) is 3.29. The number of carbonyl (C=O) groups excluding carboxylic acids is 2. The number of ether oxygens (including phenoxy) is 1. The first-order valence-electron chi connectivity index (χ1n) is 6.49. The van der Waals surface area contributed by atoms with Gasteiger partial charge >= 0.3 is 5.97 Å². The minimum Gasteiger partial charge on any atom is -0.454 e. The molecule has 0 radical (unpaired) electrons. The Labute approximate surface area is 137 Å². The Morgan fingerprint density at radius 1 is 1.24 bits per heavy atom. The third-order valence-corrected chi connectivity index (χ3v) is 4.14. The number of Topliss-reactive ketones (excluding diaryl/α,β-unsaturated/α-hetero) is 1. The van der Waals surface area contributed by atoms with Crippen molar-refractivity contribution in [2.24, 2.45) is 7.05 Å². The highest BCUT2D eigenvalue weighted by atomic mass is 127. The van der Waals surface area contributed by atoms with Gasteiger partial charge in [0.15, 0.2) is 6.61 Å². The van der Waals surface area contributed by atoms with Gasteiger partial charge in [0.1, 0.15) is 0 Å². The zero-order chi connectivity index (χ0) is 15.6. The number of aromatic nitrogens is 1. The number of hydrogen-bond donors (Lipinski definition) is 0. The Bertz CT molecular complexity index is 704. The quantitative estimate of drug-likeness (QED) is 0.452. The zero-order valence-electron chi connectivity index (χ0n) is 12.1. The maximum Gasteiger partial charge on any atom is 0.338 e. The van der Waals surface area contributed by atoms with Crippen molar-refractivity contribution in [1.29, 1.82) is 0 Å². The van der Waals surface area contributed by atoms with Crippen LogP contribution >= 0.6 is 22.6 Å². The molecule has 2 aromatic rings. The highest BCUT2D eigenvalue weighted by Gasteiger charge is 2.16. The van der Waals surface area contributed by atoms with Gasteiger partial charge in [0, 0.05) is 27.6 Å². The van der Waals surface area contributed by atoms with Crippen LogP contribution < -0.4 is 0 Å². The van der Waals surface area contributed by atoms with E-state index in [9.17, 15) is 9.59 Å². The van der Waals surface area contributed by atoms with Gasteiger partial charge in [-0.2, -0.15) is 0 Å². The number of halogens is 1. The summed E-state index contributed by atoms with van der Waals surface area (Å²) in [6.45, 7) is 3.57. The molecule has 0 bridgehead atoms. The lowest BCUT2D eigenvalue weighted by Crippen LogP contribution is -2.15. The lowest BCUT2D eigenvalue weighted by Gasteiger charge is -2.05. The van der Waals surface area contributed by atoms with Crippen LogP contribution in [-0.2, 0) is 11.8 Å². The summed E-state index contributed by atoms with van der Waals surface area (Å²) in [5, 5.41) is 0. The van der Waals surface area contributed by atoms with E-state index in [-0.39, 0.29) is 12.4 Å². The molecule has 1 heterocycles. The summed E-state index contributed by atoms with van der Waals surface area (Å²) >= 11 is 2.12. The lowest BCUT2D eigenvalue weighted by molar-refractivity contribution is 0.0474. The van der Waals surface area contributed by atoms with E-state index in [0.717, 1.165) is 15.0 Å². The standard InChI is InChI=1S/C16H16INO3/c1-10-7-14(11(2)18(10)3)15(19)9-21-16(20)12-5-4-6-13(17)8-12/h4-8H,9H2,1-3H3. The second-order valence-electron chi connectivity index (χ2n) is 4.85. The van der Waals surface area contributed by atoms with E-state index < -0.39 is 5.97 Å². The fourth-order valence-electron chi connectivity index (χ4n) is 2.05. The van der Waals surface area contributed by atoms with Crippen LogP contribution in [0.5, 0.6) is 0 Å². The molecule has 5 heteroatoms. The van der Waals surface area contributed by atoms with Crippen molar-refractivity contribution < 1.29 is 14.3 Å². The third kappa shape index (κ3) is 3.53. The van der Waals surface area contributed by atoms with Gasteiger partial charge in [-0.15, -0.1) is 0 Å². The molecule has 2 rings (SSSR count). The van der Waals surface area contributed by atoms with Gasteiger partial charge in [-0.05, 0) is 60.7 Å². The molecule has 1 aromatic heterocycles. The predicted molar refractivity (Wildman–Crippen MR) is 88.7 cm³/mol. The number of rotatable bonds is 4. The number of hydrogen-bond acceptors (Lipinski definition) is 3. The van der Waals surface area contributed by atoms with Gasteiger partial charge < -0.3 is 9.30 Å². The van der Waals surface area contributed by atoms with Gasteiger partial charge in [0.05, 0.1) is 5.56 Å². The van der Waals surface area contributed by atoms with Gasteiger partial charge in [0.25, 0.3) is 0 Å². The van der Waals surface area contributed by atoms with Crippen LogP contribution in [0.1, 0.15) is 32.1 Å². The largest absolute Gasteiger partial charge is 0.454 e. The summed E-state index contributed by atoms with van der Waals surface area (Å²) in [5.74, 6) is -0.664. The average molecular weight is 397 g/mol. The molecule has 0 aliphatic carbocycles. The van der Waals surface area contributed by atoms with Crippen molar-refractivity contribution >= 4 is 34.3 Å². The summed E-state index contributed by atoms with van der Waals surface area (Å²) in [4.78, 5) is 24.0. The highest BCUT2D eigenvalue weighted by Crippen LogP contribution is 2.14. The van der Waals surface area contributed by atoms with E-state index in [0.29, 0.717) is 11.1 Å². The van der Waals surface area contributed by atoms with E-state index in [1.165, 1.54) is 0 Å². The smallest absolute Gasteiger partial charge is 0.338 e. The van der Waals surface area contributed by atoms with Crippen molar-refractivity contribution in [2.75, 3.05) is 6.61 Å². The van der Waals surface area contributed by atoms with E-state index in [2.05, 4.69) is 22.6 Å². The molecule has 4 nitrogen and oxygen atoms in total. The Hall–Kier alpha value is -1.63. The molecule has 0 unspecified atom stereocenters.